The Labute approximate surface area is 114 Å². The van der Waals surface area contributed by atoms with Crippen LogP contribution >= 0.6 is 0 Å². The summed E-state index contributed by atoms with van der Waals surface area (Å²) in [6.07, 6.45) is 0.947. The highest BCUT2D eigenvalue weighted by molar-refractivity contribution is 6.03. The van der Waals surface area contributed by atoms with Gasteiger partial charge in [0.2, 0.25) is 0 Å². The minimum Gasteiger partial charge on any atom is -0.347 e. The fourth-order valence-electron chi connectivity index (χ4n) is 3.17. The third kappa shape index (κ3) is 1.91. The van der Waals surface area contributed by atoms with Gasteiger partial charge in [-0.15, -0.1) is 0 Å². The van der Waals surface area contributed by atoms with Gasteiger partial charge >= 0.3 is 0 Å². The van der Waals surface area contributed by atoms with Crippen LogP contribution in [0.15, 0.2) is 18.2 Å². The Hall–Kier alpha value is -1.55. The maximum Gasteiger partial charge on any atom is 0.255 e. The van der Waals surface area contributed by atoms with Crippen LogP contribution in [0.3, 0.4) is 0 Å². The zero-order valence-electron chi connectivity index (χ0n) is 11.9. The van der Waals surface area contributed by atoms with E-state index in [1.165, 1.54) is 0 Å². The average molecular weight is 259 g/mol. The largest absolute Gasteiger partial charge is 0.347 e. The predicted molar refractivity (Wildman–Crippen MR) is 76.5 cm³/mol. The molecule has 0 saturated carbocycles. The van der Waals surface area contributed by atoms with Crippen molar-refractivity contribution in [3.63, 3.8) is 0 Å². The van der Waals surface area contributed by atoms with Gasteiger partial charge < -0.3 is 15.1 Å². The van der Waals surface area contributed by atoms with Gasteiger partial charge in [0.05, 0.1) is 11.3 Å². The van der Waals surface area contributed by atoms with Gasteiger partial charge in [0.15, 0.2) is 0 Å². The molecule has 0 radical (unpaired) electrons. The molecule has 19 heavy (non-hydrogen) atoms. The van der Waals surface area contributed by atoms with E-state index < -0.39 is 0 Å². The molecule has 2 aliphatic rings. The molecular formula is C15H21N3O. The number of aryl methyl sites for hydroxylation is 1. The van der Waals surface area contributed by atoms with E-state index in [4.69, 9.17) is 0 Å². The van der Waals surface area contributed by atoms with Crippen LogP contribution in [-0.2, 0) is 0 Å². The summed E-state index contributed by atoms with van der Waals surface area (Å²) in [5, 5.41) is 3.21. The van der Waals surface area contributed by atoms with Crippen molar-refractivity contribution in [2.24, 2.45) is 0 Å². The van der Waals surface area contributed by atoms with Crippen LogP contribution in [0.5, 0.6) is 0 Å². The number of amides is 1. The van der Waals surface area contributed by atoms with Gasteiger partial charge in [0.1, 0.15) is 5.66 Å². The highest BCUT2D eigenvalue weighted by atomic mass is 16.2. The molecular weight excluding hydrogens is 238 g/mol. The lowest BCUT2D eigenvalue weighted by Gasteiger charge is -2.46. The number of fused-ring (bicyclic) bond motifs is 3. The number of hydrogen-bond donors (Lipinski definition) is 1. The third-order valence-corrected chi connectivity index (χ3v) is 4.43. The van der Waals surface area contributed by atoms with Crippen molar-refractivity contribution in [3.8, 4) is 0 Å². The van der Waals surface area contributed by atoms with E-state index in [-0.39, 0.29) is 11.6 Å². The SMILES string of the molecule is Cc1cccc2c1C(=O)N[C@]1(C)CCN(C)CCN21. The van der Waals surface area contributed by atoms with Crippen molar-refractivity contribution < 1.29 is 4.79 Å². The van der Waals surface area contributed by atoms with Crippen molar-refractivity contribution in [2.75, 3.05) is 31.6 Å². The van der Waals surface area contributed by atoms with E-state index in [1.54, 1.807) is 0 Å². The summed E-state index contributed by atoms with van der Waals surface area (Å²) in [5.41, 5.74) is 2.71. The number of anilines is 1. The second kappa shape index (κ2) is 4.23. The van der Waals surface area contributed by atoms with Crippen molar-refractivity contribution in [1.82, 2.24) is 10.2 Å². The van der Waals surface area contributed by atoms with Crippen LogP contribution in [-0.4, -0.2) is 43.2 Å². The van der Waals surface area contributed by atoms with Gasteiger partial charge in [0, 0.05) is 26.1 Å². The van der Waals surface area contributed by atoms with E-state index in [1.807, 2.05) is 19.1 Å². The summed E-state index contributed by atoms with van der Waals surface area (Å²) >= 11 is 0. The van der Waals surface area contributed by atoms with Gasteiger partial charge in [-0.1, -0.05) is 12.1 Å². The molecule has 2 aliphatic heterocycles. The minimum absolute atomic E-state index is 0.0661. The molecule has 4 heteroatoms. The quantitative estimate of drug-likeness (QED) is 0.768. The molecule has 1 saturated heterocycles. The van der Waals surface area contributed by atoms with E-state index >= 15 is 0 Å². The number of nitrogens with zero attached hydrogens (tertiary/aromatic N) is 2. The molecule has 1 N–H and O–H groups in total. The summed E-state index contributed by atoms with van der Waals surface area (Å²) in [6.45, 7) is 7.12. The second-order valence-corrected chi connectivity index (χ2v) is 5.90. The van der Waals surface area contributed by atoms with Crippen molar-refractivity contribution in [2.45, 2.75) is 25.9 Å². The Bertz CT molecular complexity index is 528. The number of nitrogens with one attached hydrogen (secondary N) is 1. The molecule has 102 valence electrons. The highest BCUT2D eigenvalue weighted by Gasteiger charge is 2.41. The van der Waals surface area contributed by atoms with Gasteiger partial charge in [-0.2, -0.15) is 0 Å². The number of carbonyl (C=O) groups excluding carboxylic acids is 1. The minimum atomic E-state index is -0.261. The van der Waals surface area contributed by atoms with Crippen LogP contribution in [0, 0.1) is 6.92 Å². The smallest absolute Gasteiger partial charge is 0.255 e. The average Bonchev–Trinajstić information content (AvgIpc) is 2.49. The van der Waals surface area contributed by atoms with Crippen LogP contribution in [0.2, 0.25) is 0 Å². The highest BCUT2D eigenvalue weighted by Crippen LogP contribution is 2.35. The second-order valence-electron chi connectivity index (χ2n) is 5.90. The Balaban J connectivity index is 2.11. The molecule has 4 nitrogen and oxygen atoms in total. The monoisotopic (exact) mass is 259 g/mol. The molecule has 1 atom stereocenters. The zero-order valence-corrected chi connectivity index (χ0v) is 11.9. The Morgan fingerprint density at radius 1 is 1.26 bits per heavy atom. The summed E-state index contributed by atoms with van der Waals surface area (Å²) in [5.74, 6) is 0.0661. The van der Waals surface area contributed by atoms with E-state index in [9.17, 15) is 4.79 Å². The first-order valence-electron chi connectivity index (χ1n) is 6.89. The maximum atomic E-state index is 12.4. The summed E-state index contributed by atoms with van der Waals surface area (Å²) in [4.78, 5) is 17.1. The molecule has 1 amide bonds. The lowest BCUT2D eigenvalue weighted by atomic mass is 9.95. The normalized spacial score (nSPS) is 27.3. The topological polar surface area (TPSA) is 35.6 Å². The van der Waals surface area contributed by atoms with Crippen LogP contribution < -0.4 is 10.2 Å². The summed E-state index contributed by atoms with van der Waals surface area (Å²) < 4.78 is 0. The van der Waals surface area contributed by atoms with Gasteiger partial charge in [-0.25, -0.2) is 0 Å². The summed E-state index contributed by atoms with van der Waals surface area (Å²) in [7, 11) is 2.14. The maximum absolute atomic E-state index is 12.4. The molecule has 2 heterocycles. The first-order chi connectivity index (χ1) is 9.01. The lowest BCUT2D eigenvalue weighted by Crippen LogP contribution is -2.62. The van der Waals surface area contributed by atoms with E-state index in [0.717, 1.165) is 42.9 Å². The molecule has 0 spiro atoms. The van der Waals surface area contributed by atoms with Gasteiger partial charge in [-0.3, -0.25) is 4.79 Å². The Morgan fingerprint density at radius 3 is 2.84 bits per heavy atom. The van der Waals surface area contributed by atoms with Crippen LogP contribution in [0.1, 0.15) is 29.3 Å². The van der Waals surface area contributed by atoms with Crippen LogP contribution in [0.4, 0.5) is 5.69 Å². The first-order valence-corrected chi connectivity index (χ1v) is 6.89. The summed E-state index contributed by atoms with van der Waals surface area (Å²) in [6, 6.07) is 6.12. The lowest BCUT2D eigenvalue weighted by molar-refractivity contribution is 0.0885. The molecule has 0 aliphatic carbocycles. The molecule has 1 aromatic rings. The number of hydrogen-bond acceptors (Lipinski definition) is 3. The molecule has 0 bridgehead atoms. The van der Waals surface area contributed by atoms with Gasteiger partial charge in [-0.05, 0) is 32.5 Å². The number of benzene rings is 1. The standard InChI is InChI=1S/C15H21N3O/c1-11-5-4-6-12-13(11)14(19)16-15(2)7-8-17(3)9-10-18(12)15/h4-6H,7-10H2,1-3H3,(H,16,19)/t15-/m0/s1. The fraction of sp³-hybridized carbons (Fsp3) is 0.533. The van der Waals surface area contributed by atoms with Crippen molar-refractivity contribution in [3.05, 3.63) is 29.3 Å². The number of likely N-dealkylation sites (N-methyl/N-ethyl adjacent to an activating group) is 1. The predicted octanol–water partition coefficient (Wildman–Crippen LogP) is 1.60. The van der Waals surface area contributed by atoms with Crippen LogP contribution in [0.25, 0.3) is 0 Å². The third-order valence-electron chi connectivity index (χ3n) is 4.43. The van der Waals surface area contributed by atoms with Crippen molar-refractivity contribution >= 4 is 11.6 Å². The number of rotatable bonds is 0. The fourth-order valence-corrected chi connectivity index (χ4v) is 3.17. The molecule has 1 fully saturated rings. The molecule has 0 aromatic heterocycles. The van der Waals surface area contributed by atoms with E-state index in [0.29, 0.717) is 0 Å². The molecule has 3 rings (SSSR count). The Kier molecular flexibility index (Phi) is 2.78. The molecule has 0 unspecified atom stereocenters. The molecule has 1 aromatic carbocycles. The Morgan fingerprint density at radius 2 is 2.05 bits per heavy atom. The number of carbonyl (C=O) groups is 1. The first kappa shape index (κ1) is 12.5. The van der Waals surface area contributed by atoms with E-state index in [2.05, 4.69) is 35.2 Å². The zero-order chi connectivity index (χ0) is 13.6. The van der Waals surface area contributed by atoms with Crippen molar-refractivity contribution in [1.29, 1.82) is 0 Å². The van der Waals surface area contributed by atoms with Gasteiger partial charge in [0.25, 0.3) is 5.91 Å².